The van der Waals surface area contributed by atoms with Gasteiger partial charge in [0.2, 0.25) is 5.91 Å². The van der Waals surface area contributed by atoms with Crippen LogP contribution in [0.2, 0.25) is 0 Å². The van der Waals surface area contributed by atoms with Gasteiger partial charge in [0.25, 0.3) is 0 Å². The highest BCUT2D eigenvalue weighted by Crippen LogP contribution is 2.16. The highest BCUT2D eigenvalue weighted by atomic mass is 16.5. The fourth-order valence-electron chi connectivity index (χ4n) is 3.32. The molecule has 2 rings (SSSR count). The van der Waals surface area contributed by atoms with E-state index in [1.165, 1.54) is 0 Å². The van der Waals surface area contributed by atoms with Crippen LogP contribution in [-0.2, 0) is 4.79 Å². The van der Waals surface area contributed by atoms with Crippen molar-refractivity contribution in [3.63, 3.8) is 0 Å². The smallest absolute Gasteiger partial charge is 0.234 e. The Balaban J connectivity index is 1.66. The lowest BCUT2D eigenvalue weighted by Gasteiger charge is -2.35. The zero-order valence-electron chi connectivity index (χ0n) is 17.2. The Morgan fingerprint density at radius 1 is 1.15 bits per heavy atom. The molecule has 27 heavy (non-hydrogen) atoms. The average Bonchev–Trinajstić information content (AvgIpc) is 2.60. The van der Waals surface area contributed by atoms with Gasteiger partial charge in [-0.3, -0.25) is 14.6 Å². The number of piperazine rings is 1. The van der Waals surface area contributed by atoms with E-state index in [9.17, 15) is 9.90 Å². The molecule has 2 N–H and O–H groups in total. The van der Waals surface area contributed by atoms with Gasteiger partial charge in [0.15, 0.2) is 0 Å². The quantitative estimate of drug-likeness (QED) is 0.684. The number of benzene rings is 1. The number of rotatable bonds is 9. The molecule has 0 spiro atoms. The molecule has 6 nitrogen and oxygen atoms in total. The monoisotopic (exact) mass is 377 g/mol. The highest BCUT2D eigenvalue weighted by molar-refractivity contribution is 5.78. The third-order valence-corrected chi connectivity index (χ3v) is 4.96. The summed E-state index contributed by atoms with van der Waals surface area (Å²) in [6.07, 6.45) is 0.424. The number of hydrogen-bond acceptors (Lipinski definition) is 5. The lowest BCUT2D eigenvalue weighted by Crippen LogP contribution is -2.51. The summed E-state index contributed by atoms with van der Waals surface area (Å²) in [7, 11) is 0. The number of β-amino-alcohol motifs (C(OH)–C–C–N with tert-alkyl or cyclic N) is 1. The maximum absolute atomic E-state index is 12.0. The molecule has 6 heteroatoms. The second-order valence-electron chi connectivity index (χ2n) is 7.74. The molecule has 1 aliphatic rings. The van der Waals surface area contributed by atoms with E-state index >= 15 is 0 Å². The molecule has 1 amide bonds. The van der Waals surface area contributed by atoms with Gasteiger partial charge in [-0.1, -0.05) is 13.0 Å². The van der Waals surface area contributed by atoms with E-state index < -0.39 is 6.10 Å². The number of aliphatic hydroxyl groups excluding tert-OH is 1. The number of hydrogen-bond donors (Lipinski definition) is 2. The summed E-state index contributed by atoms with van der Waals surface area (Å²) in [5.74, 6) is 0.906. The summed E-state index contributed by atoms with van der Waals surface area (Å²) in [5.41, 5.74) is 2.32. The number of amides is 1. The first-order chi connectivity index (χ1) is 12.9. The summed E-state index contributed by atoms with van der Waals surface area (Å²) in [6.45, 7) is 12.9. The lowest BCUT2D eigenvalue weighted by atomic mass is 10.1. The SMILES string of the molecule is CCC(C)NC(=O)CN1CCN(CC(O)COc2cc(C)cc(C)c2)CC1. The molecule has 0 saturated carbocycles. The third-order valence-electron chi connectivity index (χ3n) is 4.96. The first-order valence-corrected chi connectivity index (χ1v) is 9.99. The molecule has 152 valence electrons. The van der Waals surface area contributed by atoms with Crippen molar-refractivity contribution in [3.8, 4) is 5.75 Å². The third kappa shape index (κ3) is 7.87. The molecule has 1 aromatic rings. The van der Waals surface area contributed by atoms with Crippen LogP contribution in [0, 0.1) is 13.8 Å². The van der Waals surface area contributed by atoms with Crippen LogP contribution in [-0.4, -0.2) is 78.8 Å². The topological polar surface area (TPSA) is 65.0 Å². The van der Waals surface area contributed by atoms with Crippen LogP contribution in [0.4, 0.5) is 0 Å². The van der Waals surface area contributed by atoms with Crippen LogP contribution < -0.4 is 10.1 Å². The van der Waals surface area contributed by atoms with Gasteiger partial charge < -0.3 is 15.2 Å². The van der Waals surface area contributed by atoms with E-state index in [1.807, 2.05) is 32.9 Å². The van der Waals surface area contributed by atoms with Crippen LogP contribution in [0.1, 0.15) is 31.4 Å². The molecule has 2 unspecified atom stereocenters. The van der Waals surface area contributed by atoms with Gasteiger partial charge >= 0.3 is 0 Å². The molecule has 0 bridgehead atoms. The van der Waals surface area contributed by atoms with Crippen LogP contribution in [0.25, 0.3) is 0 Å². The highest BCUT2D eigenvalue weighted by Gasteiger charge is 2.21. The summed E-state index contributed by atoms with van der Waals surface area (Å²) in [4.78, 5) is 16.4. The van der Waals surface area contributed by atoms with Crippen LogP contribution in [0.3, 0.4) is 0 Å². The van der Waals surface area contributed by atoms with Crippen molar-refractivity contribution >= 4 is 5.91 Å². The number of carbonyl (C=O) groups is 1. The van der Waals surface area contributed by atoms with Crippen molar-refractivity contribution in [1.82, 2.24) is 15.1 Å². The first kappa shape index (κ1) is 21.7. The molecule has 0 aromatic heterocycles. The normalized spacial score (nSPS) is 18.1. The number of aliphatic hydroxyl groups is 1. The van der Waals surface area contributed by atoms with Crippen molar-refractivity contribution in [3.05, 3.63) is 29.3 Å². The van der Waals surface area contributed by atoms with Crippen LogP contribution in [0.15, 0.2) is 18.2 Å². The Hall–Kier alpha value is -1.63. The van der Waals surface area contributed by atoms with Gasteiger partial charge in [-0.25, -0.2) is 0 Å². The number of ether oxygens (including phenoxy) is 1. The molecule has 0 radical (unpaired) electrons. The van der Waals surface area contributed by atoms with Crippen LogP contribution in [0.5, 0.6) is 5.75 Å². The maximum Gasteiger partial charge on any atom is 0.234 e. The minimum absolute atomic E-state index is 0.0969. The predicted octanol–water partition coefficient (Wildman–Crippen LogP) is 1.58. The van der Waals surface area contributed by atoms with Gasteiger partial charge in [-0.2, -0.15) is 0 Å². The standard InChI is InChI=1S/C21H35N3O3/c1-5-18(4)22-21(26)14-24-8-6-23(7-9-24)13-19(25)15-27-20-11-16(2)10-17(3)12-20/h10-12,18-19,25H,5-9,13-15H2,1-4H3,(H,22,26). The largest absolute Gasteiger partial charge is 0.491 e. The lowest BCUT2D eigenvalue weighted by molar-refractivity contribution is -0.123. The summed E-state index contributed by atoms with van der Waals surface area (Å²) < 4.78 is 5.75. The Morgan fingerprint density at radius 2 is 1.74 bits per heavy atom. The average molecular weight is 378 g/mol. The Morgan fingerprint density at radius 3 is 2.33 bits per heavy atom. The molecular formula is C21H35N3O3. The first-order valence-electron chi connectivity index (χ1n) is 9.99. The number of nitrogens with zero attached hydrogens (tertiary/aromatic N) is 2. The molecule has 1 aliphatic heterocycles. The van der Waals surface area contributed by atoms with Crippen molar-refractivity contribution in [1.29, 1.82) is 0 Å². The molecule has 1 saturated heterocycles. The van der Waals surface area contributed by atoms with Gasteiger partial charge in [-0.05, 0) is 50.5 Å². The van der Waals surface area contributed by atoms with E-state index in [4.69, 9.17) is 4.74 Å². The Bertz CT molecular complexity index is 580. The van der Waals surface area contributed by atoms with E-state index in [2.05, 4.69) is 28.1 Å². The van der Waals surface area contributed by atoms with Crippen molar-refractivity contribution in [2.45, 2.75) is 46.3 Å². The molecule has 1 heterocycles. The van der Waals surface area contributed by atoms with Gasteiger partial charge in [0.1, 0.15) is 18.5 Å². The molecule has 1 fully saturated rings. The van der Waals surface area contributed by atoms with Gasteiger partial charge in [0.05, 0.1) is 6.54 Å². The number of aryl methyl sites for hydroxylation is 2. The van der Waals surface area contributed by atoms with E-state index in [0.29, 0.717) is 19.7 Å². The molecule has 0 aliphatic carbocycles. The molecular weight excluding hydrogens is 342 g/mol. The minimum Gasteiger partial charge on any atom is -0.491 e. The maximum atomic E-state index is 12.0. The van der Waals surface area contributed by atoms with Crippen LogP contribution >= 0.6 is 0 Å². The summed E-state index contributed by atoms with van der Waals surface area (Å²) >= 11 is 0. The predicted molar refractivity (Wildman–Crippen MR) is 108 cm³/mol. The zero-order valence-corrected chi connectivity index (χ0v) is 17.2. The molecule has 2 atom stereocenters. The van der Waals surface area contributed by atoms with Crippen molar-refractivity contribution in [2.75, 3.05) is 45.9 Å². The van der Waals surface area contributed by atoms with Gasteiger partial charge in [0, 0.05) is 38.8 Å². The van der Waals surface area contributed by atoms with E-state index in [-0.39, 0.29) is 11.9 Å². The van der Waals surface area contributed by atoms with E-state index in [0.717, 1.165) is 49.5 Å². The zero-order chi connectivity index (χ0) is 19.8. The molecule has 1 aromatic carbocycles. The Labute approximate surface area is 163 Å². The van der Waals surface area contributed by atoms with Crippen molar-refractivity contribution in [2.24, 2.45) is 0 Å². The summed E-state index contributed by atoms with van der Waals surface area (Å²) in [5, 5.41) is 13.3. The fourth-order valence-corrected chi connectivity index (χ4v) is 3.32. The second kappa shape index (κ2) is 10.6. The van der Waals surface area contributed by atoms with Crippen molar-refractivity contribution < 1.29 is 14.6 Å². The second-order valence-corrected chi connectivity index (χ2v) is 7.74. The van der Waals surface area contributed by atoms with Gasteiger partial charge in [-0.15, -0.1) is 0 Å². The van der Waals surface area contributed by atoms with E-state index in [1.54, 1.807) is 0 Å². The Kier molecular flexibility index (Phi) is 8.54. The number of carbonyl (C=O) groups excluding carboxylic acids is 1. The summed E-state index contributed by atoms with van der Waals surface area (Å²) in [6, 6.07) is 6.31. The minimum atomic E-state index is -0.522. The fraction of sp³-hybridized carbons (Fsp3) is 0.667. The number of nitrogens with one attached hydrogen (secondary N) is 1.